The first-order valence-corrected chi connectivity index (χ1v) is 10.7. The third-order valence-electron chi connectivity index (χ3n) is 4.70. The molecule has 3 rings (SSSR count). The summed E-state index contributed by atoms with van der Waals surface area (Å²) in [6.45, 7) is 5.01. The van der Waals surface area contributed by atoms with Gasteiger partial charge < -0.3 is 0 Å². The predicted molar refractivity (Wildman–Crippen MR) is 85.2 cm³/mol. The molecular formula is C18H23Si. The second-order valence-electron chi connectivity index (χ2n) is 6.58. The van der Waals surface area contributed by atoms with E-state index in [2.05, 4.69) is 55.6 Å². The molecule has 1 radical (unpaired) electrons. The Morgan fingerprint density at radius 1 is 1.11 bits per heavy atom. The molecule has 0 heterocycles. The molecule has 2 aliphatic carbocycles. The molecule has 1 atom stereocenters. The van der Waals surface area contributed by atoms with Crippen molar-refractivity contribution in [1.82, 2.24) is 0 Å². The van der Waals surface area contributed by atoms with Gasteiger partial charge in [-0.05, 0) is 43.4 Å². The normalized spacial score (nSPS) is 22.7. The molecule has 0 bridgehead atoms. The van der Waals surface area contributed by atoms with Crippen LogP contribution in [0.3, 0.4) is 0 Å². The first-order valence-electron chi connectivity index (χ1n) is 7.53. The average Bonchev–Trinajstić information content (AvgIpc) is 2.83. The first-order chi connectivity index (χ1) is 9.17. The van der Waals surface area contributed by atoms with Gasteiger partial charge in [0.25, 0.3) is 0 Å². The predicted octanol–water partition coefficient (Wildman–Crippen LogP) is 4.46. The van der Waals surface area contributed by atoms with Crippen LogP contribution in [-0.2, 0) is 0 Å². The topological polar surface area (TPSA) is 0 Å². The lowest BCUT2D eigenvalue weighted by Gasteiger charge is -2.28. The molecule has 0 saturated heterocycles. The molecule has 1 heteroatoms. The van der Waals surface area contributed by atoms with Crippen molar-refractivity contribution in [3.8, 4) is 0 Å². The molecule has 2 aliphatic rings. The van der Waals surface area contributed by atoms with Crippen molar-refractivity contribution in [3.05, 3.63) is 53.6 Å². The molecule has 99 valence electrons. The number of hydrogen-bond donors (Lipinski definition) is 0. The summed E-state index contributed by atoms with van der Waals surface area (Å²) in [5, 5.41) is 1.58. The Balaban J connectivity index is 1.79. The quantitative estimate of drug-likeness (QED) is 0.709. The molecule has 0 aromatic heterocycles. The monoisotopic (exact) mass is 267 g/mol. The summed E-state index contributed by atoms with van der Waals surface area (Å²) in [4.78, 5) is 0. The van der Waals surface area contributed by atoms with E-state index < -0.39 is 8.07 Å². The number of allylic oxidation sites excluding steroid dienone is 4. The van der Waals surface area contributed by atoms with Crippen LogP contribution in [0.1, 0.15) is 25.7 Å². The van der Waals surface area contributed by atoms with Gasteiger partial charge in [-0.2, -0.15) is 0 Å². The SMILES string of the molecule is C[Si](C)(CC1[C]=CC2=C1CCCC2)c1ccccc1. The zero-order valence-electron chi connectivity index (χ0n) is 12.1. The molecular weight excluding hydrogens is 244 g/mol. The Labute approximate surface area is 118 Å². The van der Waals surface area contributed by atoms with E-state index in [0.29, 0.717) is 5.92 Å². The first kappa shape index (κ1) is 12.9. The summed E-state index contributed by atoms with van der Waals surface area (Å²) < 4.78 is 0. The van der Waals surface area contributed by atoms with Crippen LogP contribution in [0.25, 0.3) is 0 Å². The van der Waals surface area contributed by atoms with Gasteiger partial charge in [0, 0.05) is 5.92 Å². The van der Waals surface area contributed by atoms with Crippen LogP contribution in [0.15, 0.2) is 47.6 Å². The van der Waals surface area contributed by atoms with E-state index in [1.807, 2.05) is 0 Å². The number of benzene rings is 1. The van der Waals surface area contributed by atoms with Gasteiger partial charge >= 0.3 is 0 Å². The summed E-state index contributed by atoms with van der Waals surface area (Å²) in [6.07, 6.45) is 11.3. The van der Waals surface area contributed by atoms with Gasteiger partial charge in [0.1, 0.15) is 0 Å². The molecule has 0 amide bonds. The highest BCUT2D eigenvalue weighted by atomic mass is 28.3. The van der Waals surface area contributed by atoms with Gasteiger partial charge in [-0.3, -0.25) is 0 Å². The van der Waals surface area contributed by atoms with Crippen molar-refractivity contribution < 1.29 is 0 Å². The van der Waals surface area contributed by atoms with Crippen LogP contribution in [0.2, 0.25) is 19.1 Å². The standard InChI is InChI=1S/C18H23Si/c1-19(2,17-9-4-3-5-10-17)14-16-13-12-15-8-6-7-11-18(15)16/h3-5,9-10,12,16H,6-8,11,14H2,1-2H3. The Morgan fingerprint density at radius 3 is 2.63 bits per heavy atom. The highest BCUT2D eigenvalue weighted by Crippen LogP contribution is 2.39. The van der Waals surface area contributed by atoms with Gasteiger partial charge in [-0.15, -0.1) is 0 Å². The summed E-state index contributed by atoms with van der Waals surface area (Å²) in [7, 11) is -1.34. The van der Waals surface area contributed by atoms with E-state index in [4.69, 9.17) is 0 Å². The molecule has 0 spiro atoms. The average molecular weight is 267 g/mol. The molecule has 0 nitrogen and oxygen atoms in total. The van der Waals surface area contributed by atoms with Crippen molar-refractivity contribution in [1.29, 1.82) is 0 Å². The fourth-order valence-corrected chi connectivity index (χ4v) is 6.23. The van der Waals surface area contributed by atoms with Crippen molar-refractivity contribution >= 4 is 13.3 Å². The Bertz CT molecular complexity index is 508. The van der Waals surface area contributed by atoms with Crippen LogP contribution < -0.4 is 5.19 Å². The second kappa shape index (κ2) is 5.13. The van der Waals surface area contributed by atoms with Crippen molar-refractivity contribution in [2.45, 2.75) is 44.8 Å². The smallest absolute Gasteiger partial charge is 0.0654 e. The lowest BCUT2D eigenvalue weighted by molar-refractivity contribution is 0.639. The van der Waals surface area contributed by atoms with Crippen molar-refractivity contribution in [3.63, 3.8) is 0 Å². The maximum absolute atomic E-state index is 3.66. The third-order valence-corrected chi connectivity index (χ3v) is 8.03. The summed E-state index contributed by atoms with van der Waals surface area (Å²) in [5.41, 5.74) is 3.34. The van der Waals surface area contributed by atoms with Gasteiger partial charge in [0.15, 0.2) is 0 Å². The highest BCUT2D eigenvalue weighted by Gasteiger charge is 2.31. The van der Waals surface area contributed by atoms with Crippen LogP contribution in [-0.4, -0.2) is 8.07 Å². The summed E-state index contributed by atoms with van der Waals surface area (Å²) >= 11 is 0. The molecule has 1 aromatic rings. The number of hydrogen-bond acceptors (Lipinski definition) is 0. The van der Waals surface area contributed by atoms with E-state index in [-0.39, 0.29) is 0 Å². The molecule has 1 aromatic carbocycles. The molecule has 1 unspecified atom stereocenters. The Hall–Kier alpha value is -1.08. The van der Waals surface area contributed by atoms with E-state index in [9.17, 15) is 0 Å². The van der Waals surface area contributed by atoms with Crippen LogP contribution in [0, 0.1) is 12.0 Å². The van der Waals surface area contributed by atoms with E-state index in [1.165, 1.54) is 31.7 Å². The largest absolute Gasteiger partial charge is 0.0815 e. The van der Waals surface area contributed by atoms with Crippen molar-refractivity contribution in [2.75, 3.05) is 0 Å². The zero-order valence-corrected chi connectivity index (χ0v) is 13.1. The number of rotatable bonds is 3. The van der Waals surface area contributed by atoms with Gasteiger partial charge in [-0.1, -0.05) is 60.3 Å². The van der Waals surface area contributed by atoms with E-state index >= 15 is 0 Å². The molecule has 0 aliphatic heterocycles. The van der Waals surface area contributed by atoms with Crippen LogP contribution in [0.5, 0.6) is 0 Å². The van der Waals surface area contributed by atoms with Crippen LogP contribution >= 0.6 is 0 Å². The molecule has 0 fully saturated rings. The lowest BCUT2D eigenvalue weighted by Crippen LogP contribution is -2.42. The fourth-order valence-electron chi connectivity index (χ4n) is 3.52. The lowest BCUT2D eigenvalue weighted by atomic mass is 9.89. The minimum atomic E-state index is -1.34. The maximum Gasteiger partial charge on any atom is 0.0815 e. The van der Waals surface area contributed by atoms with Gasteiger partial charge in [0.05, 0.1) is 8.07 Å². The highest BCUT2D eigenvalue weighted by molar-refractivity contribution is 6.89. The minimum absolute atomic E-state index is 0.622. The maximum atomic E-state index is 3.66. The zero-order chi connectivity index (χ0) is 13.3. The molecule has 0 saturated carbocycles. The minimum Gasteiger partial charge on any atom is -0.0654 e. The van der Waals surface area contributed by atoms with E-state index in [1.54, 1.807) is 16.3 Å². The Morgan fingerprint density at radius 2 is 1.84 bits per heavy atom. The summed E-state index contributed by atoms with van der Waals surface area (Å²) in [6, 6.07) is 12.5. The molecule has 19 heavy (non-hydrogen) atoms. The fraction of sp³-hybridized carbons (Fsp3) is 0.444. The van der Waals surface area contributed by atoms with Gasteiger partial charge in [0.2, 0.25) is 0 Å². The summed E-state index contributed by atoms with van der Waals surface area (Å²) in [5.74, 6) is 0.622. The van der Waals surface area contributed by atoms with Crippen molar-refractivity contribution in [2.24, 2.45) is 5.92 Å². The van der Waals surface area contributed by atoms with E-state index in [0.717, 1.165) is 0 Å². The molecule has 0 N–H and O–H groups in total. The second-order valence-corrected chi connectivity index (χ2v) is 11.3. The third kappa shape index (κ3) is 2.62. The Kier molecular flexibility index (Phi) is 3.49. The van der Waals surface area contributed by atoms with Gasteiger partial charge in [-0.25, -0.2) is 0 Å². The van der Waals surface area contributed by atoms with Crippen LogP contribution in [0.4, 0.5) is 0 Å².